The number of carbonyl (C=O) groups excluding carboxylic acids is 1. The van der Waals surface area contributed by atoms with Gasteiger partial charge in [0.1, 0.15) is 0 Å². The Bertz CT molecular complexity index is 785. The zero-order valence-corrected chi connectivity index (χ0v) is 17.8. The van der Waals surface area contributed by atoms with E-state index in [1.54, 1.807) is 0 Å². The number of carbonyl (C=O) groups is 1. The third-order valence-corrected chi connectivity index (χ3v) is 4.79. The Labute approximate surface area is 169 Å². The molecular weight excluding hydrogens is 350 g/mol. The summed E-state index contributed by atoms with van der Waals surface area (Å²) in [7, 11) is 0. The first-order valence-electron chi connectivity index (χ1n) is 10.2. The van der Waals surface area contributed by atoms with Crippen LogP contribution in [-0.2, 0) is 11.2 Å². The van der Waals surface area contributed by atoms with Crippen molar-refractivity contribution in [1.29, 1.82) is 0 Å². The van der Waals surface area contributed by atoms with Crippen molar-refractivity contribution in [3.63, 3.8) is 0 Å². The van der Waals surface area contributed by atoms with Crippen molar-refractivity contribution in [2.24, 2.45) is 0 Å². The smallest absolute Gasteiger partial charge is 0.220 e. The molecule has 0 spiro atoms. The van der Waals surface area contributed by atoms with Crippen molar-refractivity contribution in [3.05, 3.63) is 58.7 Å². The third kappa shape index (κ3) is 6.01. The van der Waals surface area contributed by atoms with Gasteiger partial charge in [0.2, 0.25) is 5.91 Å². The fourth-order valence-corrected chi connectivity index (χ4v) is 3.39. The number of nitrogens with one attached hydrogen (secondary N) is 1. The highest BCUT2D eigenvalue weighted by Gasteiger charge is 2.15. The van der Waals surface area contributed by atoms with E-state index in [2.05, 4.69) is 44.3 Å². The predicted octanol–water partition coefficient (Wildman–Crippen LogP) is 5.30. The second-order valence-corrected chi connectivity index (χ2v) is 7.04. The molecule has 1 N–H and O–H groups in total. The van der Waals surface area contributed by atoms with E-state index in [4.69, 9.17) is 9.47 Å². The summed E-state index contributed by atoms with van der Waals surface area (Å²) in [6.07, 6.45) is 1.98. The Balaban J connectivity index is 1.99. The molecule has 28 heavy (non-hydrogen) atoms. The SMILES string of the molecule is CCOc1ccc(CCC(=O)N[C@H](CC)c2ccc(C)cc2C)cc1OCC. The quantitative estimate of drug-likeness (QED) is 0.605. The highest BCUT2D eigenvalue weighted by molar-refractivity contribution is 5.76. The molecule has 1 amide bonds. The number of amides is 1. The van der Waals surface area contributed by atoms with Crippen molar-refractivity contribution in [2.75, 3.05) is 13.2 Å². The average molecular weight is 384 g/mol. The first kappa shape index (κ1) is 21.8. The van der Waals surface area contributed by atoms with Crippen LogP contribution in [0.4, 0.5) is 0 Å². The number of hydrogen-bond donors (Lipinski definition) is 1. The van der Waals surface area contributed by atoms with Crippen molar-refractivity contribution in [1.82, 2.24) is 5.32 Å². The van der Waals surface area contributed by atoms with Gasteiger partial charge in [-0.05, 0) is 69.4 Å². The largest absolute Gasteiger partial charge is 0.490 e. The minimum Gasteiger partial charge on any atom is -0.490 e. The molecular formula is C24H33NO3. The number of rotatable bonds is 10. The van der Waals surface area contributed by atoms with Crippen LogP contribution in [0.25, 0.3) is 0 Å². The summed E-state index contributed by atoms with van der Waals surface area (Å²) >= 11 is 0. The lowest BCUT2D eigenvalue weighted by Crippen LogP contribution is -2.28. The molecule has 0 saturated heterocycles. The van der Waals surface area contributed by atoms with Crippen LogP contribution in [0.5, 0.6) is 11.5 Å². The predicted molar refractivity (Wildman–Crippen MR) is 114 cm³/mol. The van der Waals surface area contributed by atoms with Crippen molar-refractivity contribution in [3.8, 4) is 11.5 Å². The molecule has 0 saturated carbocycles. The standard InChI is InChI=1S/C24H33NO3/c1-6-21(20-12-9-17(4)15-18(20)5)25-24(26)14-11-19-10-13-22(27-7-2)23(16-19)28-8-3/h9-10,12-13,15-16,21H,6-8,11,14H2,1-5H3,(H,25,26)/t21-/m1/s1. The fraction of sp³-hybridized carbons (Fsp3) is 0.458. The Morgan fingerprint density at radius 3 is 2.32 bits per heavy atom. The summed E-state index contributed by atoms with van der Waals surface area (Å²) in [6, 6.07) is 12.3. The van der Waals surface area contributed by atoms with Crippen LogP contribution in [0.15, 0.2) is 36.4 Å². The minimum absolute atomic E-state index is 0.0485. The van der Waals surface area contributed by atoms with E-state index in [9.17, 15) is 4.79 Å². The van der Waals surface area contributed by atoms with Gasteiger partial charge < -0.3 is 14.8 Å². The molecule has 152 valence electrons. The lowest BCUT2D eigenvalue weighted by Gasteiger charge is -2.20. The van der Waals surface area contributed by atoms with Gasteiger partial charge in [-0.3, -0.25) is 4.79 Å². The van der Waals surface area contributed by atoms with E-state index in [1.807, 2.05) is 32.0 Å². The Morgan fingerprint density at radius 1 is 0.964 bits per heavy atom. The number of ether oxygens (including phenoxy) is 2. The normalized spacial score (nSPS) is 11.8. The molecule has 0 aliphatic heterocycles. The van der Waals surface area contributed by atoms with Gasteiger partial charge in [-0.1, -0.05) is 36.8 Å². The van der Waals surface area contributed by atoms with Crippen LogP contribution < -0.4 is 14.8 Å². The van der Waals surface area contributed by atoms with Crippen LogP contribution in [0.1, 0.15) is 61.9 Å². The molecule has 0 heterocycles. The number of aryl methyl sites for hydroxylation is 3. The van der Waals surface area contributed by atoms with Crippen LogP contribution in [0, 0.1) is 13.8 Å². The summed E-state index contributed by atoms with van der Waals surface area (Å²) in [5.74, 6) is 1.56. The van der Waals surface area contributed by atoms with Gasteiger partial charge in [0.05, 0.1) is 19.3 Å². The van der Waals surface area contributed by atoms with E-state index in [-0.39, 0.29) is 11.9 Å². The maximum atomic E-state index is 12.6. The van der Waals surface area contributed by atoms with E-state index < -0.39 is 0 Å². The van der Waals surface area contributed by atoms with Gasteiger partial charge in [0, 0.05) is 6.42 Å². The summed E-state index contributed by atoms with van der Waals surface area (Å²) in [6.45, 7) is 11.4. The van der Waals surface area contributed by atoms with E-state index in [0.717, 1.165) is 23.5 Å². The van der Waals surface area contributed by atoms with Crippen LogP contribution in [-0.4, -0.2) is 19.1 Å². The minimum atomic E-state index is 0.0485. The molecule has 0 bridgehead atoms. The Kier molecular flexibility index (Phi) is 8.37. The van der Waals surface area contributed by atoms with Gasteiger partial charge >= 0.3 is 0 Å². The van der Waals surface area contributed by atoms with Gasteiger partial charge in [-0.25, -0.2) is 0 Å². The lowest BCUT2D eigenvalue weighted by molar-refractivity contribution is -0.121. The molecule has 0 aliphatic rings. The summed E-state index contributed by atoms with van der Waals surface area (Å²) in [5, 5.41) is 3.19. The Hall–Kier alpha value is -2.49. The molecule has 4 nitrogen and oxygen atoms in total. The monoisotopic (exact) mass is 383 g/mol. The van der Waals surface area contributed by atoms with Crippen molar-refractivity contribution >= 4 is 5.91 Å². The molecule has 0 aliphatic carbocycles. The molecule has 0 fully saturated rings. The van der Waals surface area contributed by atoms with Gasteiger partial charge in [0.25, 0.3) is 0 Å². The molecule has 0 unspecified atom stereocenters. The fourth-order valence-electron chi connectivity index (χ4n) is 3.39. The average Bonchev–Trinajstić information content (AvgIpc) is 2.67. The Morgan fingerprint density at radius 2 is 1.68 bits per heavy atom. The summed E-state index contributed by atoms with van der Waals surface area (Å²) in [5.41, 5.74) is 4.73. The van der Waals surface area contributed by atoms with Crippen LogP contribution in [0.2, 0.25) is 0 Å². The van der Waals surface area contributed by atoms with E-state index >= 15 is 0 Å². The first-order valence-corrected chi connectivity index (χ1v) is 10.2. The van der Waals surface area contributed by atoms with Crippen molar-refractivity contribution < 1.29 is 14.3 Å². The molecule has 2 aromatic rings. The highest BCUT2D eigenvalue weighted by Crippen LogP contribution is 2.29. The second-order valence-electron chi connectivity index (χ2n) is 7.04. The zero-order chi connectivity index (χ0) is 20.5. The van der Waals surface area contributed by atoms with E-state index in [0.29, 0.717) is 26.1 Å². The molecule has 2 aromatic carbocycles. The van der Waals surface area contributed by atoms with Gasteiger partial charge in [0.15, 0.2) is 11.5 Å². The lowest BCUT2D eigenvalue weighted by atomic mass is 9.97. The second kappa shape index (κ2) is 10.7. The van der Waals surface area contributed by atoms with E-state index in [1.165, 1.54) is 16.7 Å². The summed E-state index contributed by atoms with van der Waals surface area (Å²) in [4.78, 5) is 12.6. The first-order chi connectivity index (χ1) is 13.5. The number of benzene rings is 2. The maximum Gasteiger partial charge on any atom is 0.220 e. The maximum absolute atomic E-state index is 12.6. The van der Waals surface area contributed by atoms with Gasteiger partial charge in [-0.2, -0.15) is 0 Å². The zero-order valence-electron chi connectivity index (χ0n) is 17.8. The summed E-state index contributed by atoms with van der Waals surface area (Å²) < 4.78 is 11.3. The van der Waals surface area contributed by atoms with Crippen LogP contribution >= 0.6 is 0 Å². The van der Waals surface area contributed by atoms with Gasteiger partial charge in [-0.15, -0.1) is 0 Å². The molecule has 1 atom stereocenters. The van der Waals surface area contributed by atoms with Crippen LogP contribution in [0.3, 0.4) is 0 Å². The highest BCUT2D eigenvalue weighted by atomic mass is 16.5. The molecule has 0 aromatic heterocycles. The molecule has 2 rings (SSSR count). The number of hydrogen-bond acceptors (Lipinski definition) is 3. The third-order valence-electron chi connectivity index (χ3n) is 4.79. The molecule has 0 radical (unpaired) electrons. The topological polar surface area (TPSA) is 47.6 Å². The van der Waals surface area contributed by atoms with Crippen molar-refractivity contribution in [2.45, 2.75) is 59.9 Å². The molecule has 4 heteroatoms.